The van der Waals surface area contributed by atoms with E-state index in [0.717, 1.165) is 5.56 Å². The van der Waals surface area contributed by atoms with Crippen LogP contribution in [0.2, 0.25) is 0 Å². The second-order valence-corrected chi connectivity index (χ2v) is 10.9. The molecule has 0 bridgehead atoms. The Kier molecular flexibility index (Phi) is 6.27. The van der Waals surface area contributed by atoms with Gasteiger partial charge in [-0.2, -0.15) is 0 Å². The molecule has 0 aromatic heterocycles. The van der Waals surface area contributed by atoms with Crippen LogP contribution in [0.25, 0.3) is 0 Å². The molecule has 0 radical (unpaired) electrons. The maximum atomic E-state index is 13.7. The van der Waals surface area contributed by atoms with Crippen LogP contribution >= 0.6 is 0 Å². The average Bonchev–Trinajstić information content (AvgIpc) is 2.83. The number of hydrogen-bond acceptors (Lipinski definition) is 5. The van der Waals surface area contributed by atoms with Crippen LogP contribution in [0.5, 0.6) is 11.5 Å². The number of rotatable bonds is 5. The normalized spacial score (nSPS) is 15.8. The van der Waals surface area contributed by atoms with Crippen molar-refractivity contribution in [2.75, 3.05) is 23.3 Å². The summed E-state index contributed by atoms with van der Waals surface area (Å²) in [5.74, 6) is 0.359. The topological polar surface area (TPSA) is 84.9 Å². The molecule has 1 atom stereocenters. The van der Waals surface area contributed by atoms with Gasteiger partial charge in [0.25, 0.3) is 15.9 Å². The molecule has 0 fully saturated rings. The Morgan fingerprint density at radius 1 is 1.03 bits per heavy atom. The van der Waals surface area contributed by atoms with E-state index in [2.05, 4.69) is 26.1 Å². The van der Waals surface area contributed by atoms with Crippen LogP contribution < -0.4 is 19.1 Å². The molecule has 1 unspecified atom stereocenters. The Balaban J connectivity index is 1.74. The van der Waals surface area contributed by atoms with Gasteiger partial charge in [-0.3, -0.25) is 9.10 Å². The molecule has 34 heavy (non-hydrogen) atoms. The summed E-state index contributed by atoms with van der Waals surface area (Å²) in [5, 5.41) is 2.80. The minimum absolute atomic E-state index is 0.146. The Bertz CT molecular complexity index is 1300. The molecule has 1 heterocycles. The van der Waals surface area contributed by atoms with Crippen LogP contribution in [-0.4, -0.2) is 34.1 Å². The second-order valence-electron chi connectivity index (χ2n) is 9.08. The van der Waals surface area contributed by atoms with Gasteiger partial charge in [0, 0.05) is 0 Å². The van der Waals surface area contributed by atoms with E-state index in [-0.39, 0.29) is 16.9 Å². The molecule has 0 saturated carbocycles. The Morgan fingerprint density at radius 3 is 2.38 bits per heavy atom. The molecule has 1 amide bonds. The minimum Gasteiger partial charge on any atom is -0.495 e. The Hall–Kier alpha value is -3.52. The summed E-state index contributed by atoms with van der Waals surface area (Å²) < 4.78 is 39.9. The van der Waals surface area contributed by atoms with Crippen LogP contribution in [0, 0.1) is 0 Å². The molecule has 1 aliphatic heterocycles. The molecule has 178 valence electrons. The van der Waals surface area contributed by atoms with Crippen molar-refractivity contribution in [1.29, 1.82) is 0 Å². The summed E-state index contributed by atoms with van der Waals surface area (Å²) >= 11 is 0. The molecule has 0 saturated heterocycles. The van der Waals surface area contributed by atoms with E-state index in [1.807, 2.05) is 12.1 Å². The smallest absolute Gasteiger partial charge is 0.267 e. The second kappa shape index (κ2) is 9.02. The predicted molar refractivity (Wildman–Crippen MR) is 132 cm³/mol. The third-order valence-corrected chi connectivity index (χ3v) is 7.48. The van der Waals surface area contributed by atoms with Gasteiger partial charge in [-0.05, 0) is 47.4 Å². The zero-order valence-electron chi connectivity index (χ0n) is 19.6. The molecule has 3 aromatic carbocycles. The van der Waals surface area contributed by atoms with Gasteiger partial charge in [-0.1, -0.05) is 57.2 Å². The zero-order valence-corrected chi connectivity index (χ0v) is 20.4. The standard InChI is InChI=1S/C26H28N2O5S/c1-26(2,3)18-14-15-23-21(16-18)28(34(30,31)19-10-6-5-7-11-19)17-24(33-23)25(29)27-20-12-8-9-13-22(20)32-4/h5-16,24H,17H2,1-4H3,(H,27,29). The number of amides is 1. The fraction of sp³-hybridized carbons (Fsp3) is 0.269. The number of ether oxygens (including phenoxy) is 2. The summed E-state index contributed by atoms with van der Waals surface area (Å²) in [7, 11) is -2.43. The maximum absolute atomic E-state index is 13.7. The highest BCUT2D eigenvalue weighted by Crippen LogP contribution is 2.40. The fourth-order valence-corrected chi connectivity index (χ4v) is 5.25. The lowest BCUT2D eigenvalue weighted by Gasteiger charge is -2.36. The summed E-state index contributed by atoms with van der Waals surface area (Å²) in [6.07, 6.45) is -1.06. The van der Waals surface area contributed by atoms with Crippen molar-refractivity contribution in [2.24, 2.45) is 0 Å². The summed E-state index contributed by atoms with van der Waals surface area (Å²) in [6, 6.07) is 20.6. The first-order valence-electron chi connectivity index (χ1n) is 10.9. The van der Waals surface area contributed by atoms with E-state index in [1.54, 1.807) is 60.7 Å². The van der Waals surface area contributed by atoms with Gasteiger partial charge >= 0.3 is 0 Å². The molecule has 1 N–H and O–H groups in total. The van der Waals surface area contributed by atoms with Crippen molar-refractivity contribution in [1.82, 2.24) is 0 Å². The van der Waals surface area contributed by atoms with E-state index in [1.165, 1.54) is 11.4 Å². The average molecular weight is 481 g/mol. The first-order chi connectivity index (χ1) is 16.1. The molecule has 0 aliphatic carbocycles. The number of carbonyl (C=O) groups is 1. The number of carbonyl (C=O) groups excluding carboxylic acids is 1. The highest BCUT2D eigenvalue weighted by Gasteiger charge is 2.38. The first kappa shape index (κ1) is 23.6. The SMILES string of the molecule is COc1ccccc1NC(=O)C1CN(S(=O)(=O)c2ccccc2)c2cc(C(C)(C)C)ccc2O1. The minimum atomic E-state index is -3.94. The maximum Gasteiger partial charge on any atom is 0.267 e. The monoisotopic (exact) mass is 480 g/mol. The van der Waals surface area contributed by atoms with E-state index in [4.69, 9.17) is 9.47 Å². The Morgan fingerprint density at radius 2 is 1.71 bits per heavy atom. The largest absolute Gasteiger partial charge is 0.495 e. The van der Waals surface area contributed by atoms with Crippen LogP contribution in [0.3, 0.4) is 0 Å². The lowest BCUT2D eigenvalue weighted by molar-refractivity contribution is -0.122. The van der Waals surface area contributed by atoms with E-state index in [9.17, 15) is 13.2 Å². The number of nitrogens with one attached hydrogen (secondary N) is 1. The van der Waals surface area contributed by atoms with Crippen molar-refractivity contribution in [3.63, 3.8) is 0 Å². The molecule has 4 rings (SSSR count). The van der Waals surface area contributed by atoms with Crippen LogP contribution in [0.15, 0.2) is 77.7 Å². The third kappa shape index (κ3) is 4.59. The van der Waals surface area contributed by atoms with E-state index >= 15 is 0 Å². The lowest BCUT2D eigenvalue weighted by atomic mass is 9.86. The lowest BCUT2D eigenvalue weighted by Crippen LogP contribution is -2.49. The van der Waals surface area contributed by atoms with E-state index < -0.39 is 22.0 Å². The summed E-state index contributed by atoms with van der Waals surface area (Å²) in [6.45, 7) is 5.99. The van der Waals surface area contributed by atoms with Crippen LogP contribution in [-0.2, 0) is 20.2 Å². The molecule has 3 aromatic rings. The number of fused-ring (bicyclic) bond motifs is 1. The van der Waals surface area contributed by atoms with Gasteiger partial charge in [0.1, 0.15) is 11.5 Å². The van der Waals surface area contributed by atoms with Gasteiger partial charge in [0.15, 0.2) is 6.10 Å². The highest BCUT2D eigenvalue weighted by atomic mass is 32.2. The van der Waals surface area contributed by atoms with Gasteiger partial charge in [-0.25, -0.2) is 8.42 Å². The third-order valence-electron chi connectivity index (χ3n) is 5.68. The van der Waals surface area contributed by atoms with Crippen molar-refractivity contribution in [3.05, 3.63) is 78.4 Å². The summed E-state index contributed by atoms with van der Waals surface area (Å²) in [5.41, 5.74) is 1.65. The van der Waals surface area contributed by atoms with Crippen molar-refractivity contribution < 1.29 is 22.7 Å². The quantitative estimate of drug-likeness (QED) is 0.578. The number of methoxy groups -OCH3 is 1. The number of para-hydroxylation sites is 2. The number of hydrogen-bond donors (Lipinski definition) is 1. The number of anilines is 2. The molecule has 1 aliphatic rings. The summed E-state index contributed by atoms with van der Waals surface area (Å²) in [4.78, 5) is 13.3. The number of nitrogens with zero attached hydrogens (tertiary/aromatic N) is 1. The fourth-order valence-electron chi connectivity index (χ4n) is 3.76. The van der Waals surface area contributed by atoms with Gasteiger partial charge < -0.3 is 14.8 Å². The molecule has 7 nitrogen and oxygen atoms in total. The van der Waals surface area contributed by atoms with Crippen molar-refractivity contribution in [2.45, 2.75) is 37.2 Å². The van der Waals surface area contributed by atoms with Crippen molar-refractivity contribution in [3.8, 4) is 11.5 Å². The number of sulfonamides is 1. The highest BCUT2D eigenvalue weighted by molar-refractivity contribution is 7.92. The predicted octanol–water partition coefficient (Wildman–Crippen LogP) is 4.59. The Labute approximate surface area is 200 Å². The van der Waals surface area contributed by atoms with Gasteiger partial charge in [0.2, 0.25) is 0 Å². The van der Waals surface area contributed by atoms with E-state index in [0.29, 0.717) is 22.9 Å². The molecule has 8 heteroatoms. The first-order valence-corrected chi connectivity index (χ1v) is 12.4. The molecular formula is C26H28N2O5S. The van der Waals surface area contributed by atoms with Crippen molar-refractivity contribution >= 4 is 27.3 Å². The number of benzene rings is 3. The van der Waals surface area contributed by atoms with Crippen LogP contribution in [0.4, 0.5) is 11.4 Å². The molecular weight excluding hydrogens is 452 g/mol. The zero-order chi connectivity index (χ0) is 24.5. The van der Waals surface area contributed by atoms with Crippen LogP contribution in [0.1, 0.15) is 26.3 Å². The van der Waals surface area contributed by atoms with Gasteiger partial charge in [0.05, 0.1) is 29.9 Å². The van der Waals surface area contributed by atoms with Gasteiger partial charge in [-0.15, -0.1) is 0 Å². The molecule has 0 spiro atoms.